The molecular weight excluding hydrogens is 1110 g/mol. The van der Waals surface area contributed by atoms with E-state index in [1.165, 1.54) is 80.3 Å². The van der Waals surface area contributed by atoms with Crippen molar-refractivity contribution in [2.45, 2.75) is 90.3 Å². The number of amides is 6. The Balaban J connectivity index is 0.000000230. The number of aromatic nitrogens is 4. The van der Waals surface area contributed by atoms with Crippen molar-refractivity contribution in [2.75, 3.05) is 59.5 Å². The predicted octanol–water partition coefficient (Wildman–Crippen LogP) is 2.65. The average Bonchev–Trinajstić information content (AvgIpc) is 4.43. The van der Waals surface area contributed by atoms with Crippen LogP contribution in [0.3, 0.4) is 0 Å². The Hall–Kier alpha value is -6.12. The van der Waals surface area contributed by atoms with E-state index < -0.39 is 44.7 Å². The first-order valence-electron chi connectivity index (χ1n) is 26.7. The van der Waals surface area contributed by atoms with Crippen molar-refractivity contribution in [3.8, 4) is 0 Å². The molecular formula is C56H66N12Na2O10S2. The van der Waals surface area contributed by atoms with Crippen LogP contribution in [0.2, 0.25) is 0 Å². The SMILES string of the molecule is CN(CCN(c1cnn(C)c1)S(=O)(=O)[N-]C(=O)Nc1c2c(cc3c1CCC3)CCC2)C(=O)OCc1ccccc1.CN(CCN(c1cnn(C)c1)S(=O)(=O)[N-]C(=O)Nc1c2c(cc3c1CCC3)CCC2)C(=O)OCc1ccccc1.[Na+].[Na+]. The van der Waals surface area contributed by atoms with Crippen molar-refractivity contribution in [3.63, 3.8) is 0 Å². The van der Waals surface area contributed by atoms with Crippen LogP contribution in [-0.4, -0.2) is 111 Å². The van der Waals surface area contributed by atoms with Crippen LogP contribution in [-0.2, 0) is 109 Å². The Labute approximate surface area is 523 Å². The quantitative estimate of drug-likeness (QED) is 0.118. The minimum Gasteiger partial charge on any atom is -0.445 e. The summed E-state index contributed by atoms with van der Waals surface area (Å²) in [4.78, 5) is 53.7. The Morgan fingerprint density at radius 2 is 0.854 bits per heavy atom. The Morgan fingerprint density at radius 1 is 0.524 bits per heavy atom. The fraction of sp³-hybridized carbons (Fsp3) is 0.393. The maximum atomic E-state index is 13.4. The number of likely N-dealkylation sites (N-methyl/N-ethyl adjacent to an activating group) is 2. The zero-order chi connectivity index (χ0) is 56.6. The zero-order valence-corrected chi connectivity index (χ0v) is 53.0. The van der Waals surface area contributed by atoms with Crippen LogP contribution < -0.4 is 78.4 Å². The number of nitrogens with one attached hydrogen (secondary N) is 2. The molecule has 2 N–H and O–H groups in total. The van der Waals surface area contributed by atoms with Crippen LogP contribution in [0.5, 0.6) is 0 Å². The van der Waals surface area contributed by atoms with Gasteiger partial charge in [-0.15, -0.1) is 0 Å². The molecule has 0 radical (unpaired) electrons. The molecule has 6 amide bonds. The number of carbonyl (C=O) groups excluding carboxylic acids is 4. The third-order valence-electron chi connectivity index (χ3n) is 14.6. The minimum absolute atomic E-state index is 0. The van der Waals surface area contributed by atoms with Gasteiger partial charge in [-0.25, -0.2) is 26.4 Å². The third-order valence-corrected chi connectivity index (χ3v) is 17.3. The number of anilines is 4. The number of rotatable bonds is 18. The van der Waals surface area contributed by atoms with Gasteiger partial charge in [0.2, 0.25) is 0 Å². The Kier molecular flexibility index (Phi) is 22.0. The van der Waals surface area contributed by atoms with E-state index in [4.69, 9.17) is 9.47 Å². The monoisotopic (exact) mass is 1180 g/mol. The largest absolute Gasteiger partial charge is 1.00 e. The number of hydrogen-bond donors (Lipinski definition) is 2. The first-order valence-corrected chi connectivity index (χ1v) is 29.5. The molecule has 4 aliphatic rings. The molecule has 10 rings (SSSR count). The van der Waals surface area contributed by atoms with E-state index in [0.717, 1.165) is 130 Å². The number of hydrogen-bond acceptors (Lipinski definition) is 12. The van der Waals surface area contributed by atoms with Gasteiger partial charge in [0.25, 0.3) is 20.4 Å². The van der Waals surface area contributed by atoms with Gasteiger partial charge in [0.1, 0.15) is 13.2 Å². The molecule has 424 valence electrons. The summed E-state index contributed by atoms with van der Waals surface area (Å²) >= 11 is 0. The second-order valence-electron chi connectivity index (χ2n) is 20.3. The van der Waals surface area contributed by atoms with Gasteiger partial charge >= 0.3 is 71.3 Å². The van der Waals surface area contributed by atoms with Gasteiger partial charge in [0.05, 0.1) is 36.9 Å². The standard InChI is InChI=1S/2C28H34N6O5S.2Na/c2*1-32(28(36)39-19-20-8-4-3-5-9-20)14-15-34(23-17-29-33(2)18-23)40(37,38)31-27(35)30-26-24-12-6-10-21(24)16-22-11-7-13-25(22)26;;/h2*3-5,8-9,16-18H,6-7,10-15,19H2,1-2H3,(H2,30,31,35);;/q;;2*+1/p-2. The molecule has 6 aromatic rings. The molecule has 26 heteroatoms. The molecule has 0 atom stereocenters. The van der Waals surface area contributed by atoms with E-state index in [2.05, 4.69) is 42.4 Å². The molecule has 22 nitrogen and oxygen atoms in total. The van der Waals surface area contributed by atoms with Gasteiger partial charge in [0, 0.05) is 53.7 Å². The first-order chi connectivity index (χ1) is 38.4. The third kappa shape index (κ3) is 15.7. The Morgan fingerprint density at radius 3 is 1.16 bits per heavy atom. The Bertz CT molecular complexity index is 3190. The van der Waals surface area contributed by atoms with Crippen LogP contribution in [0.25, 0.3) is 9.44 Å². The van der Waals surface area contributed by atoms with Gasteiger partial charge in [-0.2, -0.15) is 10.2 Å². The normalized spacial score (nSPS) is 13.5. The molecule has 0 bridgehead atoms. The maximum Gasteiger partial charge on any atom is 1.00 e. The topological polar surface area (TPSA) is 256 Å². The minimum atomic E-state index is -4.47. The fourth-order valence-electron chi connectivity index (χ4n) is 10.7. The number of benzene rings is 4. The summed E-state index contributed by atoms with van der Waals surface area (Å²) < 4.78 is 76.5. The first kappa shape index (κ1) is 63.5. The van der Waals surface area contributed by atoms with Gasteiger partial charge in [-0.1, -0.05) is 72.8 Å². The van der Waals surface area contributed by atoms with Gasteiger partial charge in [-0.3, -0.25) is 27.6 Å². The number of aryl methyl sites for hydroxylation is 6. The second kappa shape index (κ2) is 28.4. The number of urea groups is 2. The predicted molar refractivity (Wildman–Crippen MR) is 303 cm³/mol. The van der Waals surface area contributed by atoms with Crippen LogP contribution in [0.15, 0.2) is 97.6 Å². The zero-order valence-electron chi connectivity index (χ0n) is 47.3. The van der Waals surface area contributed by atoms with Crippen molar-refractivity contribution in [1.82, 2.24) is 29.4 Å². The summed E-state index contributed by atoms with van der Waals surface area (Å²) in [7, 11) is -2.60. The summed E-state index contributed by atoms with van der Waals surface area (Å²) in [6.07, 6.45) is 15.8. The average molecular weight is 1180 g/mol. The van der Waals surface area contributed by atoms with E-state index in [9.17, 15) is 36.0 Å². The van der Waals surface area contributed by atoms with Gasteiger partial charge in [0.15, 0.2) is 12.1 Å². The molecule has 0 saturated heterocycles. The summed E-state index contributed by atoms with van der Waals surface area (Å²) in [6.45, 7) is -0.124. The molecule has 0 aliphatic heterocycles. The van der Waals surface area contributed by atoms with Crippen molar-refractivity contribution in [1.29, 1.82) is 0 Å². The van der Waals surface area contributed by atoms with E-state index in [1.54, 1.807) is 14.1 Å². The summed E-state index contributed by atoms with van der Waals surface area (Å²) in [5.74, 6) is 0. The van der Waals surface area contributed by atoms with E-state index in [-0.39, 0.29) is 110 Å². The van der Waals surface area contributed by atoms with Crippen LogP contribution in [0.4, 0.5) is 41.9 Å². The number of nitrogens with zero attached hydrogens (tertiary/aromatic N) is 10. The number of ether oxygens (including phenoxy) is 2. The summed E-state index contributed by atoms with van der Waals surface area (Å²) in [6, 6.07) is 21.1. The maximum absolute atomic E-state index is 13.4. The molecule has 0 unspecified atom stereocenters. The fourth-order valence-corrected chi connectivity index (χ4v) is 12.7. The number of carbonyl (C=O) groups is 4. The van der Waals surface area contributed by atoms with Crippen LogP contribution >= 0.6 is 0 Å². The second-order valence-corrected chi connectivity index (χ2v) is 23.3. The number of fused-ring (bicyclic) bond motifs is 4. The molecule has 2 heterocycles. The molecule has 0 saturated carbocycles. The van der Waals surface area contributed by atoms with Crippen LogP contribution in [0.1, 0.15) is 81.3 Å². The molecule has 2 aromatic heterocycles. The van der Waals surface area contributed by atoms with Crippen molar-refractivity contribution < 1.29 is 105 Å². The van der Waals surface area contributed by atoms with Gasteiger partial charge in [-0.05, 0) is 144 Å². The van der Waals surface area contributed by atoms with E-state index in [0.29, 0.717) is 0 Å². The molecule has 0 fully saturated rings. The summed E-state index contributed by atoms with van der Waals surface area (Å²) in [5, 5.41) is 13.7. The molecule has 4 aliphatic carbocycles. The van der Waals surface area contributed by atoms with Crippen molar-refractivity contribution in [3.05, 3.63) is 163 Å². The van der Waals surface area contributed by atoms with Gasteiger partial charge < -0.3 is 39.4 Å². The van der Waals surface area contributed by atoms with Crippen molar-refractivity contribution >= 4 is 67.4 Å². The van der Waals surface area contributed by atoms with E-state index >= 15 is 0 Å². The smallest absolute Gasteiger partial charge is 0.445 e. The summed E-state index contributed by atoms with van der Waals surface area (Å²) in [5.41, 5.74) is 12.8. The van der Waals surface area contributed by atoms with Crippen LogP contribution in [0, 0.1) is 0 Å². The molecule has 82 heavy (non-hydrogen) atoms. The van der Waals surface area contributed by atoms with Crippen molar-refractivity contribution in [2.24, 2.45) is 14.1 Å². The molecule has 4 aromatic carbocycles. The molecule has 0 spiro atoms. The van der Waals surface area contributed by atoms with E-state index in [1.807, 2.05) is 60.7 Å².